The molecule has 0 aliphatic carbocycles. The summed E-state index contributed by atoms with van der Waals surface area (Å²) in [4.78, 5) is 16.6. The van der Waals surface area contributed by atoms with Crippen molar-refractivity contribution < 1.29 is 9.32 Å². The van der Waals surface area contributed by atoms with Gasteiger partial charge >= 0.3 is 0 Å². The van der Waals surface area contributed by atoms with E-state index in [-0.39, 0.29) is 23.7 Å². The van der Waals surface area contributed by atoms with Crippen molar-refractivity contribution in [1.29, 1.82) is 0 Å². The predicted molar refractivity (Wildman–Crippen MR) is 124 cm³/mol. The Balaban J connectivity index is 1.53. The number of hydrogen-bond acceptors (Lipinski definition) is 6. The molecule has 166 valence electrons. The second-order valence-corrected chi connectivity index (χ2v) is 9.29. The van der Waals surface area contributed by atoms with Crippen LogP contribution in [0.25, 0.3) is 16.6 Å². The standard InChI is InChI=1S/C24H28N6O2/c1-14(2)18-11-17(22-23(25)26-13-27-30(18)22)16-8-6-15(7-9-16)10-21(31)28-20-12-19(32-29-20)24(3,4)5/h6-9,11-14H,10H2,1-5H3,(H2,25,26,27)(H,28,29,31). The largest absolute Gasteiger partial charge is 0.382 e. The number of rotatable bonds is 5. The number of anilines is 2. The molecular weight excluding hydrogens is 404 g/mol. The normalized spacial score (nSPS) is 11.9. The number of nitrogens with one attached hydrogen (secondary N) is 1. The summed E-state index contributed by atoms with van der Waals surface area (Å²) >= 11 is 0. The molecule has 4 aromatic rings. The lowest BCUT2D eigenvalue weighted by molar-refractivity contribution is -0.115. The highest BCUT2D eigenvalue weighted by Gasteiger charge is 2.20. The first-order valence-corrected chi connectivity index (χ1v) is 10.6. The van der Waals surface area contributed by atoms with Gasteiger partial charge in [-0.1, -0.05) is 64.0 Å². The topological polar surface area (TPSA) is 111 Å². The van der Waals surface area contributed by atoms with E-state index >= 15 is 0 Å². The van der Waals surface area contributed by atoms with Crippen molar-refractivity contribution in [2.75, 3.05) is 11.1 Å². The molecule has 8 heteroatoms. The van der Waals surface area contributed by atoms with Crippen LogP contribution in [-0.2, 0) is 16.6 Å². The molecule has 0 aliphatic heterocycles. The van der Waals surface area contributed by atoms with E-state index in [0.29, 0.717) is 11.6 Å². The first-order valence-electron chi connectivity index (χ1n) is 10.6. The van der Waals surface area contributed by atoms with E-state index in [9.17, 15) is 4.79 Å². The zero-order chi connectivity index (χ0) is 23.0. The maximum Gasteiger partial charge on any atom is 0.230 e. The van der Waals surface area contributed by atoms with Gasteiger partial charge in [0, 0.05) is 22.7 Å². The highest BCUT2D eigenvalue weighted by Crippen LogP contribution is 2.33. The Kier molecular flexibility index (Phi) is 5.46. The smallest absolute Gasteiger partial charge is 0.230 e. The molecule has 0 atom stereocenters. The number of nitrogens with zero attached hydrogens (tertiary/aromatic N) is 4. The summed E-state index contributed by atoms with van der Waals surface area (Å²) < 4.78 is 7.18. The van der Waals surface area contributed by atoms with Gasteiger partial charge in [0.25, 0.3) is 0 Å². The Morgan fingerprint density at radius 2 is 1.91 bits per heavy atom. The molecule has 0 bridgehead atoms. The lowest BCUT2D eigenvalue weighted by atomic mass is 9.93. The van der Waals surface area contributed by atoms with Crippen LogP contribution in [0, 0.1) is 0 Å². The van der Waals surface area contributed by atoms with E-state index in [1.165, 1.54) is 6.33 Å². The maximum atomic E-state index is 12.5. The monoisotopic (exact) mass is 432 g/mol. The average Bonchev–Trinajstić information content (AvgIpc) is 3.34. The quantitative estimate of drug-likeness (QED) is 0.478. The molecule has 0 spiro atoms. The Bertz CT molecular complexity index is 1260. The molecule has 1 aromatic carbocycles. The van der Waals surface area contributed by atoms with Gasteiger partial charge in [0.15, 0.2) is 11.6 Å². The molecule has 0 saturated carbocycles. The van der Waals surface area contributed by atoms with Gasteiger partial charge in [-0.2, -0.15) is 5.10 Å². The highest BCUT2D eigenvalue weighted by atomic mass is 16.5. The molecule has 3 heterocycles. The van der Waals surface area contributed by atoms with Gasteiger partial charge in [0.2, 0.25) is 5.91 Å². The molecule has 0 fully saturated rings. The zero-order valence-electron chi connectivity index (χ0n) is 19.0. The van der Waals surface area contributed by atoms with Crippen LogP contribution >= 0.6 is 0 Å². The summed E-state index contributed by atoms with van der Waals surface area (Å²) in [7, 11) is 0. The van der Waals surface area contributed by atoms with E-state index in [1.54, 1.807) is 6.07 Å². The molecular formula is C24H28N6O2. The zero-order valence-corrected chi connectivity index (χ0v) is 19.0. The van der Waals surface area contributed by atoms with Crippen molar-refractivity contribution in [3.63, 3.8) is 0 Å². The van der Waals surface area contributed by atoms with Gasteiger partial charge in [-0.25, -0.2) is 9.50 Å². The summed E-state index contributed by atoms with van der Waals surface area (Å²) in [6, 6.07) is 11.7. The number of nitrogens with two attached hydrogens (primary N) is 1. The van der Waals surface area contributed by atoms with Crippen LogP contribution in [0.5, 0.6) is 0 Å². The van der Waals surface area contributed by atoms with Crippen LogP contribution in [0.2, 0.25) is 0 Å². The van der Waals surface area contributed by atoms with Gasteiger partial charge in [-0.3, -0.25) is 4.79 Å². The summed E-state index contributed by atoms with van der Waals surface area (Å²) in [5.41, 5.74) is 10.7. The SMILES string of the molecule is CC(C)c1cc(-c2ccc(CC(=O)Nc3cc(C(C)(C)C)on3)cc2)c2c(N)ncnn12. The predicted octanol–water partition coefficient (Wildman–Crippen LogP) is 4.57. The van der Waals surface area contributed by atoms with Crippen LogP contribution in [0.15, 0.2) is 47.2 Å². The number of nitrogen functional groups attached to an aromatic ring is 1. The fourth-order valence-corrected chi connectivity index (χ4v) is 3.59. The Morgan fingerprint density at radius 1 is 1.19 bits per heavy atom. The third-order valence-electron chi connectivity index (χ3n) is 5.35. The highest BCUT2D eigenvalue weighted by molar-refractivity contribution is 5.92. The van der Waals surface area contributed by atoms with E-state index in [4.69, 9.17) is 10.3 Å². The van der Waals surface area contributed by atoms with Gasteiger partial charge in [0.05, 0.1) is 6.42 Å². The molecule has 4 rings (SSSR count). The lowest BCUT2D eigenvalue weighted by Crippen LogP contribution is -2.14. The summed E-state index contributed by atoms with van der Waals surface area (Å²) in [6.07, 6.45) is 1.70. The Labute approximate surface area is 186 Å². The number of benzene rings is 1. The molecule has 0 radical (unpaired) electrons. The van der Waals surface area contributed by atoms with Crippen LogP contribution < -0.4 is 11.1 Å². The van der Waals surface area contributed by atoms with Crippen molar-refractivity contribution in [3.05, 3.63) is 59.7 Å². The van der Waals surface area contributed by atoms with Crippen molar-refractivity contribution >= 4 is 23.1 Å². The number of aromatic nitrogens is 4. The second kappa shape index (κ2) is 8.11. The average molecular weight is 433 g/mol. The number of fused-ring (bicyclic) bond motifs is 1. The van der Waals surface area contributed by atoms with E-state index in [1.807, 2.05) is 49.6 Å². The molecule has 3 N–H and O–H groups in total. The lowest BCUT2D eigenvalue weighted by Gasteiger charge is -2.12. The molecule has 8 nitrogen and oxygen atoms in total. The summed E-state index contributed by atoms with van der Waals surface area (Å²) in [5, 5.41) is 11.1. The molecule has 1 amide bonds. The van der Waals surface area contributed by atoms with Crippen molar-refractivity contribution in [1.82, 2.24) is 19.8 Å². The first-order chi connectivity index (χ1) is 15.1. The summed E-state index contributed by atoms with van der Waals surface area (Å²) in [5.74, 6) is 1.71. The van der Waals surface area contributed by atoms with Crippen LogP contribution in [0.4, 0.5) is 11.6 Å². The third-order valence-corrected chi connectivity index (χ3v) is 5.35. The molecule has 3 aromatic heterocycles. The minimum absolute atomic E-state index is 0.152. The number of carbonyl (C=O) groups is 1. The molecule has 0 aliphatic rings. The fourth-order valence-electron chi connectivity index (χ4n) is 3.59. The summed E-state index contributed by atoms with van der Waals surface area (Å²) in [6.45, 7) is 10.3. The van der Waals surface area contributed by atoms with Crippen molar-refractivity contribution in [2.45, 2.75) is 52.4 Å². The molecule has 32 heavy (non-hydrogen) atoms. The minimum Gasteiger partial charge on any atom is -0.382 e. The van der Waals surface area contributed by atoms with Gasteiger partial charge in [-0.15, -0.1) is 0 Å². The third kappa shape index (κ3) is 4.21. The van der Waals surface area contributed by atoms with Crippen molar-refractivity contribution in [2.24, 2.45) is 0 Å². The molecule has 0 saturated heterocycles. The van der Waals surface area contributed by atoms with Gasteiger partial charge in [0.1, 0.15) is 17.6 Å². The Morgan fingerprint density at radius 3 is 2.53 bits per heavy atom. The second-order valence-electron chi connectivity index (χ2n) is 9.29. The fraction of sp³-hybridized carbons (Fsp3) is 0.333. The minimum atomic E-state index is -0.168. The maximum absolute atomic E-state index is 12.5. The van der Waals surface area contributed by atoms with Gasteiger partial charge < -0.3 is 15.6 Å². The number of amides is 1. The van der Waals surface area contributed by atoms with Crippen LogP contribution in [-0.4, -0.2) is 25.7 Å². The van der Waals surface area contributed by atoms with E-state index in [0.717, 1.165) is 33.7 Å². The van der Waals surface area contributed by atoms with Crippen LogP contribution in [0.3, 0.4) is 0 Å². The van der Waals surface area contributed by atoms with Crippen molar-refractivity contribution in [3.8, 4) is 11.1 Å². The van der Waals surface area contributed by atoms with Crippen LogP contribution in [0.1, 0.15) is 57.6 Å². The first kappa shape index (κ1) is 21.5. The van der Waals surface area contributed by atoms with Gasteiger partial charge in [-0.05, 0) is 23.1 Å². The van der Waals surface area contributed by atoms with E-state index in [2.05, 4.69) is 40.5 Å². The number of hydrogen-bond donors (Lipinski definition) is 2. The number of carbonyl (C=O) groups excluding carboxylic acids is 1. The molecule has 0 unspecified atom stereocenters. The van der Waals surface area contributed by atoms with E-state index < -0.39 is 0 Å². The Hall–Kier alpha value is -3.68.